The Morgan fingerprint density at radius 3 is 2.31 bits per heavy atom. The fraction of sp³-hybridized carbons (Fsp3) is 0.500. The van der Waals surface area contributed by atoms with Gasteiger partial charge in [-0.15, -0.1) is 23.5 Å². The molecule has 1 aliphatic rings. The summed E-state index contributed by atoms with van der Waals surface area (Å²) in [6.45, 7) is 2.12. The molecule has 0 amide bonds. The van der Waals surface area contributed by atoms with E-state index in [1.165, 1.54) is 29.2 Å². The second kappa shape index (κ2) is 6.42. The molecule has 0 unspecified atom stereocenters. The van der Waals surface area contributed by atoms with E-state index >= 15 is 0 Å². The van der Waals surface area contributed by atoms with Gasteiger partial charge in [0.25, 0.3) is 0 Å². The van der Waals surface area contributed by atoms with Crippen molar-refractivity contribution in [3.63, 3.8) is 0 Å². The second-order valence-electron chi connectivity index (χ2n) is 3.95. The van der Waals surface area contributed by atoms with Crippen LogP contribution in [0.25, 0.3) is 0 Å². The van der Waals surface area contributed by atoms with Gasteiger partial charge in [0, 0.05) is 5.69 Å². The van der Waals surface area contributed by atoms with E-state index in [2.05, 4.69) is 41.6 Å². The van der Waals surface area contributed by atoms with Crippen LogP contribution in [0, 0.1) is 6.92 Å². The molecule has 0 aromatic heterocycles. The van der Waals surface area contributed by atoms with Gasteiger partial charge in [0.1, 0.15) is 0 Å². The molecule has 1 aromatic rings. The Labute approximate surface area is 106 Å². The standard InChI is InChI=1S/C12H18N2S2/c1-11-3-5-12(6-4-11)13-14-9-15-7-2-8-16-10-14/h3-6,13H,2,7-10H2,1H3. The van der Waals surface area contributed by atoms with E-state index in [-0.39, 0.29) is 0 Å². The van der Waals surface area contributed by atoms with Crippen molar-refractivity contribution in [2.45, 2.75) is 13.3 Å². The number of hydrogen-bond acceptors (Lipinski definition) is 4. The third kappa shape index (κ3) is 3.92. The van der Waals surface area contributed by atoms with Crippen molar-refractivity contribution in [2.24, 2.45) is 0 Å². The lowest BCUT2D eigenvalue weighted by Crippen LogP contribution is -2.30. The van der Waals surface area contributed by atoms with Crippen LogP contribution in [-0.4, -0.2) is 28.3 Å². The molecule has 0 atom stereocenters. The van der Waals surface area contributed by atoms with E-state index < -0.39 is 0 Å². The number of nitrogens with one attached hydrogen (secondary N) is 1. The first-order valence-corrected chi connectivity index (χ1v) is 7.89. The molecule has 1 aliphatic heterocycles. The van der Waals surface area contributed by atoms with Gasteiger partial charge in [-0.05, 0) is 37.0 Å². The van der Waals surface area contributed by atoms with E-state index in [1.54, 1.807) is 0 Å². The van der Waals surface area contributed by atoms with E-state index in [0.717, 1.165) is 11.8 Å². The monoisotopic (exact) mass is 254 g/mol. The summed E-state index contributed by atoms with van der Waals surface area (Å²) < 4.78 is 0. The maximum atomic E-state index is 3.47. The summed E-state index contributed by atoms with van der Waals surface area (Å²) >= 11 is 4.02. The van der Waals surface area contributed by atoms with E-state index in [0.29, 0.717) is 0 Å². The Morgan fingerprint density at radius 1 is 1.06 bits per heavy atom. The molecule has 0 aliphatic carbocycles. The molecule has 0 spiro atoms. The number of aryl methyl sites for hydroxylation is 1. The molecule has 16 heavy (non-hydrogen) atoms. The van der Waals surface area contributed by atoms with Gasteiger partial charge in [0.2, 0.25) is 0 Å². The summed E-state index contributed by atoms with van der Waals surface area (Å²) in [6.07, 6.45) is 1.34. The zero-order valence-corrected chi connectivity index (χ0v) is 11.2. The number of nitrogens with zero attached hydrogens (tertiary/aromatic N) is 1. The Balaban J connectivity index is 1.89. The average molecular weight is 254 g/mol. The predicted molar refractivity (Wildman–Crippen MR) is 75.9 cm³/mol. The molecule has 1 saturated heterocycles. The van der Waals surface area contributed by atoms with Gasteiger partial charge in [-0.2, -0.15) is 0 Å². The maximum Gasteiger partial charge on any atom is 0.0644 e. The topological polar surface area (TPSA) is 15.3 Å². The quantitative estimate of drug-likeness (QED) is 0.869. The average Bonchev–Trinajstić information content (AvgIpc) is 2.25. The van der Waals surface area contributed by atoms with Crippen LogP contribution in [0.3, 0.4) is 0 Å². The molecule has 0 radical (unpaired) electrons. The number of anilines is 1. The first-order valence-electron chi connectivity index (χ1n) is 5.58. The largest absolute Gasteiger partial charge is 0.317 e. The zero-order valence-electron chi connectivity index (χ0n) is 9.61. The SMILES string of the molecule is Cc1ccc(NN2CSCCCSC2)cc1. The van der Waals surface area contributed by atoms with E-state index in [9.17, 15) is 0 Å². The molecule has 1 N–H and O–H groups in total. The van der Waals surface area contributed by atoms with Crippen LogP contribution in [0.2, 0.25) is 0 Å². The lowest BCUT2D eigenvalue weighted by molar-refractivity contribution is 0.456. The number of hydrazine groups is 1. The van der Waals surface area contributed by atoms with Crippen molar-refractivity contribution >= 4 is 29.2 Å². The molecule has 0 bridgehead atoms. The summed E-state index contributed by atoms with van der Waals surface area (Å²) in [5.74, 6) is 4.69. The van der Waals surface area contributed by atoms with Crippen molar-refractivity contribution in [3.8, 4) is 0 Å². The van der Waals surface area contributed by atoms with Crippen LogP contribution in [0.4, 0.5) is 5.69 Å². The molecule has 4 heteroatoms. The second-order valence-corrected chi connectivity index (χ2v) is 6.10. The normalized spacial score (nSPS) is 18.8. The molecular weight excluding hydrogens is 236 g/mol. The van der Waals surface area contributed by atoms with Crippen LogP contribution < -0.4 is 5.43 Å². The lowest BCUT2D eigenvalue weighted by atomic mass is 10.2. The molecule has 88 valence electrons. The van der Waals surface area contributed by atoms with Gasteiger partial charge >= 0.3 is 0 Å². The first-order chi connectivity index (χ1) is 7.84. The first kappa shape index (κ1) is 12.1. The van der Waals surface area contributed by atoms with Gasteiger partial charge in [-0.3, -0.25) is 0 Å². The minimum atomic E-state index is 1.07. The fourth-order valence-electron chi connectivity index (χ4n) is 1.53. The molecule has 0 saturated carbocycles. The number of hydrogen-bond donors (Lipinski definition) is 1. The van der Waals surface area contributed by atoms with Gasteiger partial charge in [-0.25, -0.2) is 5.01 Å². The third-order valence-corrected chi connectivity index (χ3v) is 4.55. The van der Waals surface area contributed by atoms with Crippen molar-refractivity contribution in [3.05, 3.63) is 29.8 Å². The minimum absolute atomic E-state index is 1.07. The van der Waals surface area contributed by atoms with Crippen LogP contribution in [0.5, 0.6) is 0 Å². The van der Waals surface area contributed by atoms with Crippen molar-refractivity contribution < 1.29 is 0 Å². The maximum absolute atomic E-state index is 3.47. The predicted octanol–water partition coefficient (Wildman–Crippen LogP) is 3.41. The van der Waals surface area contributed by atoms with Crippen molar-refractivity contribution in [1.29, 1.82) is 0 Å². The number of thioether (sulfide) groups is 2. The molecule has 1 fully saturated rings. The highest BCUT2D eigenvalue weighted by Gasteiger charge is 2.07. The third-order valence-electron chi connectivity index (χ3n) is 2.41. The highest BCUT2D eigenvalue weighted by atomic mass is 32.2. The fourth-order valence-corrected chi connectivity index (χ4v) is 3.53. The van der Waals surface area contributed by atoms with Crippen LogP contribution >= 0.6 is 23.5 Å². The number of benzene rings is 1. The minimum Gasteiger partial charge on any atom is -0.317 e. The summed E-state index contributed by atoms with van der Waals surface area (Å²) in [5, 5.41) is 2.29. The van der Waals surface area contributed by atoms with E-state index in [4.69, 9.17) is 0 Å². The zero-order chi connectivity index (χ0) is 11.2. The van der Waals surface area contributed by atoms with Gasteiger partial charge < -0.3 is 5.43 Å². The molecule has 1 aromatic carbocycles. The summed E-state index contributed by atoms with van der Waals surface area (Å²) in [4.78, 5) is 0. The highest BCUT2D eigenvalue weighted by Crippen LogP contribution is 2.18. The Kier molecular flexibility index (Phi) is 4.88. The Bertz CT molecular complexity index is 305. The van der Waals surface area contributed by atoms with Crippen molar-refractivity contribution in [1.82, 2.24) is 5.01 Å². The summed E-state index contributed by atoms with van der Waals surface area (Å²) in [5.41, 5.74) is 5.96. The van der Waals surface area contributed by atoms with Gasteiger partial charge in [0.05, 0.1) is 11.8 Å². The van der Waals surface area contributed by atoms with Crippen LogP contribution in [0.1, 0.15) is 12.0 Å². The number of rotatable bonds is 2. The van der Waals surface area contributed by atoms with Crippen LogP contribution in [0.15, 0.2) is 24.3 Å². The molecular formula is C12H18N2S2. The van der Waals surface area contributed by atoms with Gasteiger partial charge in [-0.1, -0.05) is 17.7 Å². The molecule has 2 nitrogen and oxygen atoms in total. The highest BCUT2D eigenvalue weighted by molar-refractivity contribution is 8.00. The molecule has 1 heterocycles. The van der Waals surface area contributed by atoms with E-state index in [1.807, 2.05) is 23.5 Å². The van der Waals surface area contributed by atoms with Crippen LogP contribution in [-0.2, 0) is 0 Å². The smallest absolute Gasteiger partial charge is 0.0644 e. The lowest BCUT2D eigenvalue weighted by Gasteiger charge is -2.25. The Morgan fingerprint density at radius 2 is 1.69 bits per heavy atom. The van der Waals surface area contributed by atoms with Gasteiger partial charge in [0.15, 0.2) is 0 Å². The molecule has 2 rings (SSSR count). The summed E-state index contributed by atoms with van der Waals surface area (Å²) in [6, 6.07) is 8.58. The Hall–Kier alpha value is -0.320. The summed E-state index contributed by atoms with van der Waals surface area (Å²) in [7, 11) is 0. The van der Waals surface area contributed by atoms with Crippen molar-refractivity contribution in [2.75, 3.05) is 28.7 Å².